The fourth-order valence-corrected chi connectivity index (χ4v) is 16.0. The summed E-state index contributed by atoms with van der Waals surface area (Å²) in [6.45, 7) is 15.1. The first-order valence-electron chi connectivity index (χ1n) is 7.21. The van der Waals surface area contributed by atoms with Gasteiger partial charge in [0.25, 0.3) is 0 Å². The molecule has 0 heterocycles. The summed E-state index contributed by atoms with van der Waals surface area (Å²) < 4.78 is 0. The minimum Gasteiger partial charge on any atom is -0.0696 e. The molecule has 0 aliphatic heterocycles. The van der Waals surface area contributed by atoms with Crippen LogP contribution in [0.2, 0.25) is 75.5 Å². The van der Waals surface area contributed by atoms with Crippen molar-refractivity contribution in [1.29, 1.82) is 0 Å². The quantitative estimate of drug-likeness (QED) is 0.449. The van der Waals surface area contributed by atoms with E-state index in [1.807, 2.05) is 0 Å². The standard InChI is InChI=1S/C12H34Si4/c1-15(2,3)11-9-13-7-8-14-10-12-16(4,5)6/h7-14H2,1-6H3. The molecular weight excluding hydrogens is 256 g/mol. The molecule has 4 heteroatoms. The minimum absolute atomic E-state index is 0.350. The van der Waals surface area contributed by atoms with Gasteiger partial charge in [0.05, 0.1) is 0 Å². The number of rotatable bonds is 9. The van der Waals surface area contributed by atoms with Crippen LogP contribution in [0.5, 0.6) is 0 Å². The summed E-state index contributed by atoms with van der Waals surface area (Å²) in [5.74, 6) is 0. The van der Waals surface area contributed by atoms with Crippen LogP contribution in [0.15, 0.2) is 0 Å². The maximum Gasteiger partial charge on any atom is 0.0439 e. The van der Waals surface area contributed by atoms with E-state index < -0.39 is 16.1 Å². The van der Waals surface area contributed by atoms with Gasteiger partial charge < -0.3 is 0 Å². The Morgan fingerprint density at radius 1 is 0.562 bits per heavy atom. The second kappa shape index (κ2) is 8.05. The molecule has 0 fully saturated rings. The zero-order valence-corrected chi connectivity index (χ0v) is 17.5. The molecule has 0 aliphatic rings. The third-order valence-electron chi connectivity index (χ3n) is 3.10. The molecule has 0 bridgehead atoms. The second-order valence-corrected chi connectivity index (χ2v) is 23.2. The molecule has 0 radical (unpaired) electrons. The number of hydrogen-bond donors (Lipinski definition) is 0. The van der Waals surface area contributed by atoms with E-state index in [0.717, 1.165) is 0 Å². The molecule has 0 unspecified atom stereocenters. The van der Waals surface area contributed by atoms with Crippen molar-refractivity contribution in [3.05, 3.63) is 0 Å². The van der Waals surface area contributed by atoms with E-state index in [9.17, 15) is 0 Å². The fourth-order valence-electron chi connectivity index (χ4n) is 2.02. The van der Waals surface area contributed by atoms with Gasteiger partial charge >= 0.3 is 0 Å². The topological polar surface area (TPSA) is 0 Å². The molecule has 0 aliphatic carbocycles. The van der Waals surface area contributed by atoms with Crippen molar-refractivity contribution in [2.24, 2.45) is 0 Å². The van der Waals surface area contributed by atoms with Crippen molar-refractivity contribution in [3.63, 3.8) is 0 Å². The third-order valence-corrected chi connectivity index (χ3v) is 12.9. The van der Waals surface area contributed by atoms with Crippen molar-refractivity contribution >= 4 is 35.2 Å². The summed E-state index contributed by atoms with van der Waals surface area (Å²) in [6, 6.07) is 9.88. The fraction of sp³-hybridized carbons (Fsp3) is 1.00. The van der Waals surface area contributed by atoms with Gasteiger partial charge in [0.2, 0.25) is 0 Å². The SMILES string of the molecule is C[Si](C)(C)CC[SiH2]CC[SiH2]CC[Si](C)(C)C. The van der Waals surface area contributed by atoms with Gasteiger partial charge in [-0.05, 0) is 0 Å². The van der Waals surface area contributed by atoms with Crippen molar-refractivity contribution in [2.45, 2.75) is 75.5 Å². The molecule has 0 aromatic rings. The monoisotopic (exact) mass is 290 g/mol. The van der Waals surface area contributed by atoms with Crippen LogP contribution < -0.4 is 0 Å². The molecule has 98 valence electrons. The van der Waals surface area contributed by atoms with Gasteiger partial charge in [0, 0.05) is 35.2 Å². The lowest BCUT2D eigenvalue weighted by atomic mass is 10.9. The largest absolute Gasteiger partial charge is 0.0696 e. The minimum atomic E-state index is -0.706. The lowest BCUT2D eigenvalue weighted by Gasteiger charge is -2.15. The van der Waals surface area contributed by atoms with Crippen molar-refractivity contribution in [2.75, 3.05) is 0 Å². The molecule has 0 rings (SSSR count). The van der Waals surface area contributed by atoms with E-state index in [4.69, 9.17) is 0 Å². The van der Waals surface area contributed by atoms with Gasteiger partial charge in [-0.25, -0.2) is 0 Å². The molecule has 0 nitrogen and oxygen atoms in total. The first-order chi connectivity index (χ1) is 7.21. The Bertz CT molecular complexity index is 147. The first-order valence-corrected chi connectivity index (χ1v) is 18.6. The maximum atomic E-state index is 2.52. The molecule has 0 saturated heterocycles. The molecular formula is C12H34Si4. The van der Waals surface area contributed by atoms with Crippen LogP contribution in [0, 0.1) is 0 Å². The van der Waals surface area contributed by atoms with Crippen LogP contribution in [0.25, 0.3) is 0 Å². The van der Waals surface area contributed by atoms with E-state index >= 15 is 0 Å². The highest BCUT2D eigenvalue weighted by Crippen LogP contribution is 2.14. The zero-order chi connectivity index (χ0) is 12.7. The molecule has 0 N–H and O–H groups in total. The first kappa shape index (κ1) is 16.9. The summed E-state index contributed by atoms with van der Waals surface area (Å²) >= 11 is 0. The lowest BCUT2D eigenvalue weighted by molar-refractivity contribution is 1.26. The zero-order valence-electron chi connectivity index (χ0n) is 12.7. The average Bonchev–Trinajstić information content (AvgIpc) is 2.06. The second-order valence-electron chi connectivity index (χ2n) is 7.74. The Kier molecular flexibility index (Phi) is 8.49. The summed E-state index contributed by atoms with van der Waals surface area (Å²) in [4.78, 5) is 0. The van der Waals surface area contributed by atoms with Crippen LogP contribution in [0.1, 0.15) is 0 Å². The molecule has 0 aromatic heterocycles. The van der Waals surface area contributed by atoms with Gasteiger partial charge in [-0.3, -0.25) is 0 Å². The summed E-state index contributed by atoms with van der Waals surface area (Å²) in [5.41, 5.74) is 0. The van der Waals surface area contributed by atoms with E-state index in [-0.39, 0.29) is 0 Å². The Balaban J connectivity index is 3.17. The van der Waals surface area contributed by atoms with Crippen molar-refractivity contribution < 1.29 is 0 Å². The molecule has 0 amide bonds. The van der Waals surface area contributed by atoms with Crippen LogP contribution in [0.3, 0.4) is 0 Å². The van der Waals surface area contributed by atoms with E-state index in [0.29, 0.717) is 19.0 Å². The average molecular weight is 291 g/mol. The summed E-state index contributed by atoms with van der Waals surface area (Å²) in [6.07, 6.45) is 0. The van der Waals surface area contributed by atoms with Crippen molar-refractivity contribution in [3.8, 4) is 0 Å². The van der Waals surface area contributed by atoms with Gasteiger partial charge in [0.1, 0.15) is 0 Å². The van der Waals surface area contributed by atoms with Gasteiger partial charge in [0.15, 0.2) is 0 Å². The Morgan fingerprint density at radius 3 is 1.12 bits per heavy atom. The third kappa shape index (κ3) is 14.9. The highest BCUT2D eigenvalue weighted by molar-refractivity contribution is 6.77. The van der Waals surface area contributed by atoms with E-state index in [2.05, 4.69) is 39.3 Å². The Hall–Kier alpha value is 0.868. The lowest BCUT2D eigenvalue weighted by Crippen LogP contribution is -2.20. The van der Waals surface area contributed by atoms with E-state index in [1.54, 1.807) is 36.3 Å². The molecule has 0 aromatic carbocycles. The maximum absolute atomic E-state index is 2.52. The smallest absolute Gasteiger partial charge is 0.0439 e. The predicted octanol–water partition coefficient (Wildman–Crippen LogP) is 3.67. The predicted molar refractivity (Wildman–Crippen MR) is 92.6 cm³/mol. The molecule has 16 heavy (non-hydrogen) atoms. The molecule has 0 spiro atoms. The number of hydrogen-bond acceptors (Lipinski definition) is 0. The van der Waals surface area contributed by atoms with Crippen LogP contribution in [-0.4, -0.2) is 35.2 Å². The van der Waals surface area contributed by atoms with Crippen molar-refractivity contribution in [1.82, 2.24) is 0 Å². The van der Waals surface area contributed by atoms with Gasteiger partial charge in [-0.2, -0.15) is 0 Å². The summed E-state index contributed by atoms with van der Waals surface area (Å²) in [5, 5.41) is 0. The molecule has 0 saturated carbocycles. The van der Waals surface area contributed by atoms with Crippen LogP contribution in [0.4, 0.5) is 0 Å². The Labute approximate surface area is 111 Å². The van der Waals surface area contributed by atoms with E-state index in [1.165, 1.54) is 0 Å². The van der Waals surface area contributed by atoms with Gasteiger partial charge in [-0.15, -0.1) is 0 Å². The normalized spacial score (nSPS) is 14.6. The highest BCUT2D eigenvalue weighted by Gasteiger charge is 2.12. The molecule has 0 atom stereocenters. The van der Waals surface area contributed by atoms with Crippen LogP contribution >= 0.6 is 0 Å². The highest BCUT2D eigenvalue weighted by atomic mass is 28.3. The van der Waals surface area contributed by atoms with Crippen LogP contribution in [-0.2, 0) is 0 Å². The Morgan fingerprint density at radius 2 is 0.875 bits per heavy atom. The van der Waals surface area contributed by atoms with Gasteiger partial charge in [-0.1, -0.05) is 75.5 Å². The summed E-state index contributed by atoms with van der Waals surface area (Å²) in [7, 11) is -0.711.